The summed E-state index contributed by atoms with van der Waals surface area (Å²) in [4.78, 5) is 5.10. The molecule has 1 aliphatic rings. The van der Waals surface area contributed by atoms with Crippen LogP contribution in [0.1, 0.15) is 22.7 Å². The summed E-state index contributed by atoms with van der Waals surface area (Å²) >= 11 is 0. The van der Waals surface area contributed by atoms with Crippen LogP contribution in [0.25, 0.3) is 0 Å². The Hall–Kier alpha value is -2.82. The first-order valence-corrected chi connectivity index (χ1v) is 10.8. The van der Waals surface area contributed by atoms with Crippen LogP contribution in [0.4, 0.5) is 5.69 Å². The monoisotopic (exact) mass is 401 g/mol. The van der Waals surface area contributed by atoms with Crippen molar-refractivity contribution in [2.45, 2.75) is 13.0 Å². The Balaban J connectivity index is 1.35. The summed E-state index contributed by atoms with van der Waals surface area (Å²) in [6, 6.07) is 27.6. The van der Waals surface area contributed by atoms with Crippen molar-refractivity contribution in [3.8, 4) is 5.75 Å². The minimum atomic E-state index is 0.303. The molecule has 1 heterocycles. The number of aromatic hydroxyl groups is 1. The SMILES string of the molecule is Cc1ccc(O)c(NCCN2CCN(C(c3ccccc3)c3ccccc3)CC2)c1. The second-order valence-corrected chi connectivity index (χ2v) is 8.05. The van der Waals surface area contributed by atoms with E-state index in [9.17, 15) is 5.11 Å². The fourth-order valence-corrected chi connectivity index (χ4v) is 4.27. The highest BCUT2D eigenvalue weighted by Gasteiger charge is 2.26. The normalized spacial score (nSPS) is 15.4. The number of phenolic OH excluding ortho intramolecular Hbond substituents is 1. The largest absolute Gasteiger partial charge is 0.506 e. The Labute approximate surface area is 179 Å². The molecule has 0 atom stereocenters. The fraction of sp³-hybridized carbons (Fsp3) is 0.308. The van der Waals surface area contributed by atoms with Gasteiger partial charge in [-0.25, -0.2) is 0 Å². The number of anilines is 1. The van der Waals surface area contributed by atoms with Crippen LogP contribution in [-0.4, -0.2) is 54.2 Å². The molecule has 0 unspecified atom stereocenters. The van der Waals surface area contributed by atoms with Gasteiger partial charge >= 0.3 is 0 Å². The molecule has 30 heavy (non-hydrogen) atoms. The van der Waals surface area contributed by atoms with Gasteiger partial charge in [-0.1, -0.05) is 66.7 Å². The van der Waals surface area contributed by atoms with E-state index in [1.165, 1.54) is 11.1 Å². The van der Waals surface area contributed by atoms with E-state index in [0.717, 1.165) is 50.5 Å². The maximum absolute atomic E-state index is 10.0. The van der Waals surface area contributed by atoms with Gasteiger partial charge in [0, 0.05) is 39.3 Å². The molecule has 0 bridgehead atoms. The molecule has 4 heteroatoms. The molecule has 1 aliphatic heterocycles. The lowest BCUT2D eigenvalue weighted by Gasteiger charge is -2.39. The Kier molecular flexibility index (Phi) is 6.67. The molecule has 0 aromatic heterocycles. The van der Waals surface area contributed by atoms with Crippen LogP contribution in [-0.2, 0) is 0 Å². The Morgan fingerprint density at radius 1 is 0.833 bits per heavy atom. The van der Waals surface area contributed by atoms with Crippen molar-refractivity contribution >= 4 is 5.69 Å². The molecule has 2 N–H and O–H groups in total. The van der Waals surface area contributed by atoms with Crippen molar-refractivity contribution in [1.29, 1.82) is 0 Å². The average Bonchev–Trinajstić information content (AvgIpc) is 2.79. The first-order valence-electron chi connectivity index (χ1n) is 10.8. The number of benzene rings is 3. The topological polar surface area (TPSA) is 38.7 Å². The summed E-state index contributed by atoms with van der Waals surface area (Å²) in [5.74, 6) is 0.319. The Bertz CT molecular complexity index is 882. The van der Waals surface area contributed by atoms with Crippen molar-refractivity contribution in [1.82, 2.24) is 9.80 Å². The fourth-order valence-electron chi connectivity index (χ4n) is 4.27. The summed E-state index contributed by atoms with van der Waals surface area (Å²) in [5.41, 5.74) is 4.68. The highest BCUT2D eigenvalue weighted by molar-refractivity contribution is 5.57. The van der Waals surface area contributed by atoms with Gasteiger partial charge < -0.3 is 10.4 Å². The average molecular weight is 402 g/mol. The molecule has 156 valence electrons. The lowest BCUT2D eigenvalue weighted by molar-refractivity contribution is 0.112. The van der Waals surface area contributed by atoms with E-state index in [0.29, 0.717) is 11.8 Å². The number of hydrogen-bond donors (Lipinski definition) is 2. The van der Waals surface area contributed by atoms with E-state index >= 15 is 0 Å². The van der Waals surface area contributed by atoms with Gasteiger partial charge in [0.2, 0.25) is 0 Å². The Morgan fingerprint density at radius 3 is 2.03 bits per heavy atom. The highest BCUT2D eigenvalue weighted by Crippen LogP contribution is 2.29. The number of rotatable bonds is 7. The second-order valence-electron chi connectivity index (χ2n) is 8.05. The van der Waals surface area contributed by atoms with Crippen LogP contribution in [0.3, 0.4) is 0 Å². The van der Waals surface area contributed by atoms with E-state index in [2.05, 4.69) is 75.8 Å². The zero-order valence-corrected chi connectivity index (χ0v) is 17.7. The van der Waals surface area contributed by atoms with E-state index < -0.39 is 0 Å². The molecule has 0 aliphatic carbocycles. The van der Waals surface area contributed by atoms with E-state index in [1.54, 1.807) is 6.07 Å². The van der Waals surface area contributed by atoms with Crippen molar-refractivity contribution in [2.24, 2.45) is 0 Å². The lowest BCUT2D eigenvalue weighted by Crippen LogP contribution is -2.48. The van der Waals surface area contributed by atoms with Gasteiger partial charge in [-0.05, 0) is 35.7 Å². The molecule has 3 aromatic carbocycles. The summed E-state index contributed by atoms with van der Waals surface area (Å²) in [5, 5.41) is 13.4. The number of hydrogen-bond acceptors (Lipinski definition) is 4. The Morgan fingerprint density at radius 2 is 1.43 bits per heavy atom. The predicted molar refractivity (Wildman–Crippen MR) is 124 cm³/mol. The lowest BCUT2D eigenvalue weighted by atomic mass is 9.96. The number of nitrogens with zero attached hydrogens (tertiary/aromatic N) is 2. The molecule has 1 fully saturated rings. The van der Waals surface area contributed by atoms with E-state index in [1.807, 2.05) is 19.1 Å². The van der Waals surface area contributed by atoms with E-state index in [4.69, 9.17) is 0 Å². The van der Waals surface area contributed by atoms with Gasteiger partial charge in [0.25, 0.3) is 0 Å². The summed E-state index contributed by atoms with van der Waals surface area (Å²) in [6.45, 7) is 8.05. The third-order valence-corrected chi connectivity index (χ3v) is 5.90. The molecule has 0 amide bonds. The van der Waals surface area contributed by atoms with Crippen LogP contribution in [0.5, 0.6) is 5.75 Å². The van der Waals surface area contributed by atoms with Crippen molar-refractivity contribution in [2.75, 3.05) is 44.6 Å². The molecule has 4 rings (SSSR count). The maximum Gasteiger partial charge on any atom is 0.138 e. The van der Waals surface area contributed by atoms with Crippen molar-refractivity contribution < 1.29 is 5.11 Å². The number of piperazine rings is 1. The van der Waals surface area contributed by atoms with Crippen LogP contribution in [0.15, 0.2) is 78.9 Å². The number of phenols is 1. The minimum absolute atomic E-state index is 0.303. The smallest absolute Gasteiger partial charge is 0.138 e. The first-order chi connectivity index (χ1) is 14.7. The zero-order chi connectivity index (χ0) is 20.8. The summed E-state index contributed by atoms with van der Waals surface area (Å²) in [6.07, 6.45) is 0. The third kappa shape index (κ3) is 5.02. The molecule has 0 spiro atoms. The summed E-state index contributed by atoms with van der Waals surface area (Å²) < 4.78 is 0. The quantitative estimate of drug-likeness (QED) is 0.571. The molecule has 0 saturated carbocycles. The van der Waals surface area contributed by atoms with Crippen LogP contribution in [0, 0.1) is 6.92 Å². The highest BCUT2D eigenvalue weighted by atomic mass is 16.3. The number of nitrogens with one attached hydrogen (secondary N) is 1. The molecule has 3 aromatic rings. The first kappa shape index (κ1) is 20.5. The van der Waals surface area contributed by atoms with Crippen LogP contribution >= 0.6 is 0 Å². The molecular formula is C26H31N3O. The van der Waals surface area contributed by atoms with Crippen molar-refractivity contribution in [3.05, 3.63) is 95.6 Å². The van der Waals surface area contributed by atoms with Crippen LogP contribution < -0.4 is 5.32 Å². The van der Waals surface area contributed by atoms with Gasteiger partial charge in [0.1, 0.15) is 5.75 Å². The van der Waals surface area contributed by atoms with Gasteiger partial charge in [-0.2, -0.15) is 0 Å². The van der Waals surface area contributed by atoms with Crippen LogP contribution in [0.2, 0.25) is 0 Å². The molecule has 4 nitrogen and oxygen atoms in total. The van der Waals surface area contributed by atoms with Gasteiger partial charge in [-0.3, -0.25) is 9.80 Å². The number of aryl methyl sites for hydroxylation is 1. The molecule has 0 radical (unpaired) electrons. The minimum Gasteiger partial charge on any atom is -0.506 e. The second kappa shape index (κ2) is 9.79. The third-order valence-electron chi connectivity index (χ3n) is 5.90. The molecule has 1 saturated heterocycles. The van der Waals surface area contributed by atoms with Gasteiger partial charge in [0.15, 0.2) is 0 Å². The van der Waals surface area contributed by atoms with E-state index in [-0.39, 0.29) is 0 Å². The van der Waals surface area contributed by atoms with Crippen molar-refractivity contribution in [3.63, 3.8) is 0 Å². The van der Waals surface area contributed by atoms with Gasteiger partial charge in [-0.15, -0.1) is 0 Å². The zero-order valence-electron chi connectivity index (χ0n) is 17.7. The predicted octanol–water partition coefficient (Wildman–Crippen LogP) is 4.52. The summed E-state index contributed by atoms with van der Waals surface area (Å²) in [7, 11) is 0. The van der Waals surface area contributed by atoms with Gasteiger partial charge in [0.05, 0.1) is 11.7 Å². The molecular weight excluding hydrogens is 370 g/mol. The maximum atomic E-state index is 10.0. The standard InChI is InChI=1S/C26H31N3O/c1-21-12-13-25(30)24(20-21)27-14-15-28-16-18-29(19-17-28)26(22-8-4-2-5-9-22)23-10-6-3-7-11-23/h2-13,20,26-27,30H,14-19H2,1H3.